The summed E-state index contributed by atoms with van der Waals surface area (Å²) in [5, 5.41) is 3.37. The fourth-order valence-electron chi connectivity index (χ4n) is 1.94. The van der Waals surface area contributed by atoms with Crippen LogP contribution in [0.3, 0.4) is 0 Å². The Balaban J connectivity index is 2.04. The van der Waals surface area contributed by atoms with E-state index in [1.54, 1.807) is 0 Å². The van der Waals surface area contributed by atoms with Gasteiger partial charge in [-0.25, -0.2) is 4.98 Å². The number of rotatable bonds is 4. The van der Waals surface area contributed by atoms with Crippen LogP contribution in [0, 0.1) is 0 Å². The number of pyridine rings is 1. The van der Waals surface area contributed by atoms with E-state index in [1.165, 1.54) is 24.1 Å². The zero-order valence-electron chi connectivity index (χ0n) is 10.7. The van der Waals surface area contributed by atoms with Crippen LogP contribution >= 0.6 is 0 Å². The summed E-state index contributed by atoms with van der Waals surface area (Å²) in [5.41, 5.74) is 2.40. The first-order valence-electron chi connectivity index (χ1n) is 6.56. The van der Waals surface area contributed by atoms with Crippen molar-refractivity contribution in [3.05, 3.63) is 23.9 Å². The third-order valence-corrected chi connectivity index (χ3v) is 3.23. The Kier molecular flexibility index (Phi) is 4.13. The number of aliphatic imine (C=N–C) groups is 1. The summed E-state index contributed by atoms with van der Waals surface area (Å²) in [6.45, 7) is 5.31. The van der Waals surface area contributed by atoms with Crippen molar-refractivity contribution in [1.82, 2.24) is 4.98 Å². The minimum atomic E-state index is 0.473. The molecule has 0 unspecified atom stereocenters. The highest BCUT2D eigenvalue weighted by atomic mass is 15.0. The maximum absolute atomic E-state index is 4.56. The van der Waals surface area contributed by atoms with Crippen LogP contribution in [0.25, 0.3) is 0 Å². The smallest absolute Gasteiger partial charge is 0.126 e. The highest BCUT2D eigenvalue weighted by molar-refractivity contribution is 6.00. The van der Waals surface area contributed by atoms with Gasteiger partial charge >= 0.3 is 0 Å². The van der Waals surface area contributed by atoms with E-state index in [1.807, 2.05) is 6.20 Å². The molecule has 0 radical (unpaired) electrons. The fraction of sp³-hybridized carbons (Fsp3) is 0.571. The van der Waals surface area contributed by atoms with Crippen molar-refractivity contribution in [2.75, 3.05) is 11.9 Å². The minimum absolute atomic E-state index is 0.473. The van der Waals surface area contributed by atoms with Gasteiger partial charge < -0.3 is 5.32 Å². The van der Waals surface area contributed by atoms with E-state index in [4.69, 9.17) is 0 Å². The third kappa shape index (κ3) is 3.29. The van der Waals surface area contributed by atoms with Crippen molar-refractivity contribution >= 4 is 11.5 Å². The third-order valence-electron chi connectivity index (χ3n) is 3.23. The van der Waals surface area contributed by atoms with Gasteiger partial charge in [-0.05, 0) is 44.7 Å². The predicted molar refractivity (Wildman–Crippen MR) is 72.9 cm³/mol. The van der Waals surface area contributed by atoms with Gasteiger partial charge in [0.15, 0.2) is 0 Å². The molecule has 92 valence electrons. The van der Waals surface area contributed by atoms with E-state index in [0.717, 1.165) is 25.2 Å². The average molecular weight is 231 g/mol. The fourth-order valence-corrected chi connectivity index (χ4v) is 1.94. The van der Waals surface area contributed by atoms with Crippen LogP contribution < -0.4 is 5.32 Å². The molecule has 0 saturated heterocycles. The van der Waals surface area contributed by atoms with Crippen LogP contribution in [-0.2, 0) is 0 Å². The number of aromatic nitrogens is 1. The van der Waals surface area contributed by atoms with E-state index < -0.39 is 0 Å². The molecule has 2 rings (SSSR count). The molecule has 0 bridgehead atoms. The van der Waals surface area contributed by atoms with Crippen molar-refractivity contribution in [2.45, 2.75) is 45.6 Å². The second-order valence-electron chi connectivity index (χ2n) is 4.67. The highest BCUT2D eigenvalue weighted by Gasteiger charge is 2.08. The Morgan fingerprint density at radius 2 is 2.24 bits per heavy atom. The summed E-state index contributed by atoms with van der Waals surface area (Å²) in [7, 11) is 0. The molecular formula is C14H21N3. The monoisotopic (exact) mass is 231 g/mol. The predicted octanol–water partition coefficient (Wildman–Crippen LogP) is 3.27. The molecular weight excluding hydrogens is 210 g/mol. The first-order chi connectivity index (χ1) is 8.29. The highest BCUT2D eigenvalue weighted by Crippen LogP contribution is 2.14. The number of hydrogen-bond acceptors (Lipinski definition) is 3. The van der Waals surface area contributed by atoms with Gasteiger partial charge in [-0.2, -0.15) is 0 Å². The van der Waals surface area contributed by atoms with E-state index in [-0.39, 0.29) is 0 Å². The van der Waals surface area contributed by atoms with Gasteiger partial charge in [0.25, 0.3) is 0 Å². The minimum Gasteiger partial charge on any atom is -0.368 e. The molecule has 1 N–H and O–H groups in total. The molecule has 1 aliphatic heterocycles. The molecule has 0 saturated carbocycles. The Morgan fingerprint density at radius 1 is 1.35 bits per heavy atom. The summed E-state index contributed by atoms with van der Waals surface area (Å²) in [4.78, 5) is 9.01. The molecule has 1 atom stereocenters. The zero-order chi connectivity index (χ0) is 12.1. The normalized spacial score (nSPS) is 17.4. The lowest BCUT2D eigenvalue weighted by Gasteiger charge is -2.14. The van der Waals surface area contributed by atoms with E-state index in [0.29, 0.717) is 6.04 Å². The van der Waals surface area contributed by atoms with Gasteiger partial charge in [-0.3, -0.25) is 4.99 Å². The van der Waals surface area contributed by atoms with Gasteiger partial charge in [0.2, 0.25) is 0 Å². The van der Waals surface area contributed by atoms with Crippen molar-refractivity contribution in [1.29, 1.82) is 0 Å². The van der Waals surface area contributed by atoms with Crippen LogP contribution in [0.5, 0.6) is 0 Å². The lowest BCUT2D eigenvalue weighted by molar-refractivity contribution is 0.738. The topological polar surface area (TPSA) is 37.3 Å². The molecule has 3 nitrogen and oxygen atoms in total. The van der Waals surface area contributed by atoms with Crippen LogP contribution in [0.15, 0.2) is 23.3 Å². The van der Waals surface area contributed by atoms with Gasteiger partial charge in [-0.1, -0.05) is 6.92 Å². The van der Waals surface area contributed by atoms with Gasteiger partial charge in [0, 0.05) is 30.1 Å². The number of nitrogens with one attached hydrogen (secondary N) is 1. The molecule has 0 aromatic carbocycles. The summed E-state index contributed by atoms with van der Waals surface area (Å²) < 4.78 is 0. The standard InChI is InChI=1S/C14H21N3/c1-3-11(2)17-14-8-7-12(10-16-14)13-6-4-5-9-15-13/h7-8,10-11H,3-6,9H2,1-2H3,(H,16,17)/t11-/m1/s1. The maximum atomic E-state index is 4.56. The molecule has 0 fully saturated rings. The second kappa shape index (κ2) is 5.80. The molecule has 0 amide bonds. The number of anilines is 1. The van der Waals surface area contributed by atoms with Crippen molar-refractivity contribution in [3.63, 3.8) is 0 Å². The molecule has 17 heavy (non-hydrogen) atoms. The lowest BCUT2D eigenvalue weighted by Crippen LogP contribution is -2.15. The Labute approximate surface area is 103 Å². The summed E-state index contributed by atoms with van der Waals surface area (Å²) >= 11 is 0. The van der Waals surface area contributed by atoms with Gasteiger partial charge in [-0.15, -0.1) is 0 Å². The Hall–Kier alpha value is -1.38. The average Bonchev–Trinajstić information content (AvgIpc) is 2.40. The summed E-state index contributed by atoms with van der Waals surface area (Å²) in [5.74, 6) is 0.958. The van der Waals surface area contributed by atoms with Gasteiger partial charge in [0.1, 0.15) is 5.82 Å². The Morgan fingerprint density at radius 3 is 2.82 bits per heavy atom. The number of nitrogens with zero attached hydrogens (tertiary/aromatic N) is 2. The van der Waals surface area contributed by atoms with Crippen molar-refractivity contribution in [2.24, 2.45) is 4.99 Å². The molecule has 3 heteroatoms. The molecule has 0 spiro atoms. The molecule has 2 heterocycles. The lowest BCUT2D eigenvalue weighted by atomic mass is 10.0. The van der Waals surface area contributed by atoms with Crippen molar-refractivity contribution in [3.8, 4) is 0 Å². The molecule has 1 aromatic heterocycles. The van der Waals surface area contributed by atoms with Crippen LogP contribution in [0.4, 0.5) is 5.82 Å². The van der Waals surface area contributed by atoms with Crippen molar-refractivity contribution < 1.29 is 0 Å². The first kappa shape index (κ1) is 12.1. The zero-order valence-corrected chi connectivity index (χ0v) is 10.7. The van der Waals surface area contributed by atoms with E-state index in [9.17, 15) is 0 Å². The van der Waals surface area contributed by atoms with E-state index >= 15 is 0 Å². The second-order valence-corrected chi connectivity index (χ2v) is 4.67. The maximum Gasteiger partial charge on any atom is 0.126 e. The summed E-state index contributed by atoms with van der Waals surface area (Å²) in [6.07, 6.45) is 6.63. The van der Waals surface area contributed by atoms with Crippen LogP contribution in [0.1, 0.15) is 45.1 Å². The van der Waals surface area contributed by atoms with Gasteiger partial charge in [0.05, 0.1) is 0 Å². The van der Waals surface area contributed by atoms with Crippen LogP contribution in [-0.4, -0.2) is 23.3 Å². The largest absolute Gasteiger partial charge is 0.368 e. The van der Waals surface area contributed by atoms with Crippen LogP contribution in [0.2, 0.25) is 0 Å². The SMILES string of the molecule is CC[C@@H](C)Nc1ccc(C2=NCCCC2)cn1. The number of hydrogen-bond donors (Lipinski definition) is 1. The molecule has 0 aliphatic carbocycles. The Bertz CT molecular complexity index is 381. The first-order valence-corrected chi connectivity index (χ1v) is 6.56. The summed E-state index contributed by atoms with van der Waals surface area (Å²) in [6, 6.07) is 4.65. The molecule has 1 aromatic rings. The quantitative estimate of drug-likeness (QED) is 0.863. The molecule has 1 aliphatic rings. The van der Waals surface area contributed by atoms with E-state index in [2.05, 4.69) is 41.3 Å².